The van der Waals surface area contributed by atoms with E-state index in [1.54, 1.807) is 7.05 Å². The summed E-state index contributed by atoms with van der Waals surface area (Å²) < 4.78 is 13.7. The van der Waals surface area contributed by atoms with E-state index in [-0.39, 0.29) is 24.0 Å². The van der Waals surface area contributed by atoms with E-state index >= 15 is 0 Å². The summed E-state index contributed by atoms with van der Waals surface area (Å²) in [7, 11) is 1.81. The van der Waals surface area contributed by atoms with Gasteiger partial charge in [0, 0.05) is 39.9 Å². The van der Waals surface area contributed by atoms with Gasteiger partial charge in [-0.25, -0.2) is 4.98 Å². The Morgan fingerprint density at radius 1 is 1.09 bits per heavy atom. The lowest BCUT2D eigenvalue weighted by molar-refractivity contribution is -0.0390. The van der Waals surface area contributed by atoms with Crippen molar-refractivity contribution in [2.24, 2.45) is 4.99 Å². The van der Waals surface area contributed by atoms with Gasteiger partial charge in [-0.3, -0.25) is 4.99 Å². The number of aliphatic imine (C=N–C) groups is 1. The first kappa shape index (κ1) is 26.4. The van der Waals surface area contributed by atoms with E-state index in [1.165, 1.54) is 16.6 Å². The fourth-order valence-corrected chi connectivity index (χ4v) is 4.14. The standard InChI is InChI=1S/C26H35N5O2.HI/c1-20-30-24-6-3-4-7-25(24)31(20)15-5-14-28-26(27-2)29-18-21-8-10-22(11-9-21)19-33-23-12-16-32-17-13-23;/h3-4,6-11,23H,5,12-19H2,1-2H3,(H2,27,28,29);1H. The number of nitrogens with one attached hydrogen (secondary N) is 2. The maximum absolute atomic E-state index is 6.01. The number of para-hydroxylation sites is 2. The second-order valence-electron chi connectivity index (χ2n) is 8.44. The predicted molar refractivity (Wildman–Crippen MR) is 148 cm³/mol. The van der Waals surface area contributed by atoms with Gasteiger partial charge < -0.3 is 24.7 Å². The van der Waals surface area contributed by atoms with E-state index in [2.05, 4.69) is 74.6 Å². The SMILES string of the molecule is CN=C(NCCCn1c(C)nc2ccccc21)NCc1ccc(COC2CCOCC2)cc1.I. The summed E-state index contributed by atoms with van der Waals surface area (Å²) in [4.78, 5) is 8.99. The minimum atomic E-state index is 0. The fourth-order valence-electron chi connectivity index (χ4n) is 4.14. The molecule has 2 aromatic carbocycles. The normalized spacial score (nSPS) is 14.7. The fraction of sp³-hybridized carbons (Fsp3) is 0.462. The molecule has 0 amide bonds. The third-order valence-corrected chi connectivity index (χ3v) is 6.06. The molecule has 7 nitrogen and oxygen atoms in total. The molecule has 2 N–H and O–H groups in total. The van der Waals surface area contributed by atoms with Crippen molar-refractivity contribution in [2.45, 2.75) is 52.0 Å². The van der Waals surface area contributed by atoms with Crippen LogP contribution in [0.25, 0.3) is 11.0 Å². The number of benzene rings is 2. The third-order valence-electron chi connectivity index (χ3n) is 6.06. The van der Waals surface area contributed by atoms with Crippen LogP contribution >= 0.6 is 24.0 Å². The molecule has 2 heterocycles. The summed E-state index contributed by atoms with van der Waals surface area (Å²) in [6, 6.07) is 16.9. The van der Waals surface area contributed by atoms with Crippen LogP contribution < -0.4 is 10.6 Å². The number of imidazole rings is 1. The average Bonchev–Trinajstić information content (AvgIpc) is 3.18. The summed E-state index contributed by atoms with van der Waals surface area (Å²) in [6.07, 6.45) is 3.30. The molecule has 1 aromatic heterocycles. The van der Waals surface area contributed by atoms with E-state index in [0.29, 0.717) is 12.7 Å². The second-order valence-corrected chi connectivity index (χ2v) is 8.44. The Morgan fingerprint density at radius 3 is 2.59 bits per heavy atom. The number of guanidine groups is 1. The molecule has 184 valence electrons. The number of aryl methyl sites for hydroxylation is 2. The van der Waals surface area contributed by atoms with Gasteiger partial charge in [-0.05, 0) is 49.4 Å². The molecule has 1 aliphatic rings. The highest BCUT2D eigenvalue weighted by atomic mass is 127. The van der Waals surface area contributed by atoms with Crippen molar-refractivity contribution in [1.82, 2.24) is 20.2 Å². The number of hydrogen-bond acceptors (Lipinski definition) is 4. The monoisotopic (exact) mass is 577 g/mol. The minimum absolute atomic E-state index is 0. The van der Waals surface area contributed by atoms with Crippen LogP contribution in [-0.4, -0.2) is 48.4 Å². The molecule has 0 aliphatic carbocycles. The van der Waals surface area contributed by atoms with Gasteiger partial charge in [-0.1, -0.05) is 36.4 Å². The van der Waals surface area contributed by atoms with Crippen molar-refractivity contribution >= 4 is 41.0 Å². The molecule has 4 rings (SSSR count). The highest BCUT2D eigenvalue weighted by molar-refractivity contribution is 14.0. The van der Waals surface area contributed by atoms with Crippen LogP contribution in [0.5, 0.6) is 0 Å². The van der Waals surface area contributed by atoms with Gasteiger partial charge in [-0.15, -0.1) is 24.0 Å². The summed E-state index contributed by atoms with van der Waals surface area (Å²) >= 11 is 0. The summed E-state index contributed by atoms with van der Waals surface area (Å²) in [5.74, 6) is 1.87. The Balaban J connectivity index is 0.00000324. The highest BCUT2D eigenvalue weighted by Crippen LogP contribution is 2.16. The van der Waals surface area contributed by atoms with Crippen molar-refractivity contribution in [2.75, 3.05) is 26.8 Å². The molecule has 0 unspecified atom stereocenters. The maximum atomic E-state index is 6.01. The number of rotatable bonds is 9. The first-order valence-electron chi connectivity index (χ1n) is 11.9. The Bertz CT molecular complexity index is 1050. The first-order chi connectivity index (χ1) is 16.2. The zero-order chi connectivity index (χ0) is 22.9. The van der Waals surface area contributed by atoms with Crippen molar-refractivity contribution < 1.29 is 9.47 Å². The number of nitrogens with zero attached hydrogens (tertiary/aromatic N) is 3. The smallest absolute Gasteiger partial charge is 0.191 e. The van der Waals surface area contributed by atoms with E-state index < -0.39 is 0 Å². The van der Waals surface area contributed by atoms with E-state index in [4.69, 9.17) is 9.47 Å². The molecule has 1 fully saturated rings. The lowest BCUT2D eigenvalue weighted by atomic mass is 10.1. The van der Waals surface area contributed by atoms with Crippen molar-refractivity contribution in [1.29, 1.82) is 0 Å². The van der Waals surface area contributed by atoms with Gasteiger partial charge in [0.05, 0.1) is 23.7 Å². The molecule has 1 saturated heterocycles. The summed E-state index contributed by atoms with van der Waals surface area (Å²) in [6.45, 7) is 6.84. The highest BCUT2D eigenvalue weighted by Gasteiger charge is 2.14. The molecule has 1 aliphatic heterocycles. The minimum Gasteiger partial charge on any atom is -0.381 e. The van der Waals surface area contributed by atoms with Crippen LogP contribution in [0, 0.1) is 6.92 Å². The maximum Gasteiger partial charge on any atom is 0.191 e. The predicted octanol–water partition coefficient (Wildman–Crippen LogP) is 4.41. The number of fused-ring (bicyclic) bond motifs is 1. The van der Waals surface area contributed by atoms with Gasteiger partial charge in [0.1, 0.15) is 5.82 Å². The molecule has 8 heteroatoms. The van der Waals surface area contributed by atoms with E-state index in [9.17, 15) is 0 Å². The molecule has 0 radical (unpaired) electrons. The Morgan fingerprint density at radius 2 is 1.82 bits per heavy atom. The molecule has 3 aromatic rings. The van der Waals surface area contributed by atoms with Crippen molar-refractivity contribution in [3.63, 3.8) is 0 Å². The Hall–Kier alpha value is -2.17. The van der Waals surface area contributed by atoms with Gasteiger partial charge in [0.2, 0.25) is 0 Å². The summed E-state index contributed by atoms with van der Waals surface area (Å²) in [5, 5.41) is 6.81. The van der Waals surface area contributed by atoms with Crippen LogP contribution in [0.1, 0.15) is 36.2 Å². The number of aromatic nitrogens is 2. The lowest BCUT2D eigenvalue weighted by Gasteiger charge is -2.22. The van der Waals surface area contributed by atoms with Crippen LogP contribution in [0.2, 0.25) is 0 Å². The molecule has 0 bridgehead atoms. The van der Waals surface area contributed by atoms with Crippen LogP contribution in [0.4, 0.5) is 0 Å². The number of hydrogen-bond donors (Lipinski definition) is 2. The number of ether oxygens (including phenoxy) is 2. The van der Waals surface area contributed by atoms with Crippen molar-refractivity contribution in [3.05, 3.63) is 65.5 Å². The molecule has 0 saturated carbocycles. The quantitative estimate of drug-likeness (QED) is 0.171. The van der Waals surface area contributed by atoms with Crippen LogP contribution in [0.3, 0.4) is 0 Å². The topological polar surface area (TPSA) is 72.7 Å². The summed E-state index contributed by atoms with van der Waals surface area (Å²) in [5.41, 5.74) is 4.67. The lowest BCUT2D eigenvalue weighted by Crippen LogP contribution is -2.37. The third kappa shape index (κ3) is 7.41. The van der Waals surface area contributed by atoms with E-state index in [0.717, 1.165) is 69.4 Å². The second kappa shape index (κ2) is 13.7. The van der Waals surface area contributed by atoms with Crippen LogP contribution in [0.15, 0.2) is 53.5 Å². The molecular formula is C26H36IN5O2. The molecule has 0 spiro atoms. The first-order valence-corrected chi connectivity index (χ1v) is 11.9. The van der Waals surface area contributed by atoms with Gasteiger partial charge >= 0.3 is 0 Å². The van der Waals surface area contributed by atoms with Crippen LogP contribution in [-0.2, 0) is 29.2 Å². The average molecular weight is 578 g/mol. The van der Waals surface area contributed by atoms with Crippen molar-refractivity contribution in [3.8, 4) is 0 Å². The zero-order valence-electron chi connectivity index (χ0n) is 20.1. The molecule has 0 atom stereocenters. The zero-order valence-corrected chi connectivity index (χ0v) is 22.5. The molecular weight excluding hydrogens is 541 g/mol. The Kier molecular flexibility index (Phi) is 10.6. The number of halogens is 1. The van der Waals surface area contributed by atoms with Gasteiger partial charge in [0.15, 0.2) is 5.96 Å². The van der Waals surface area contributed by atoms with E-state index in [1.807, 2.05) is 6.07 Å². The van der Waals surface area contributed by atoms with Gasteiger partial charge in [0.25, 0.3) is 0 Å². The molecule has 34 heavy (non-hydrogen) atoms. The Labute approximate surface area is 219 Å². The largest absolute Gasteiger partial charge is 0.381 e. The van der Waals surface area contributed by atoms with Gasteiger partial charge in [-0.2, -0.15) is 0 Å².